The van der Waals surface area contributed by atoms with Crippen molar-refractivity contribution in [1.82, 2.24) is 5.32 Å². The maximum Gasteiger partial charge on any atom is 0.223 e. The number of rotatable bonds is 7. The van der Waals surface area contributed by atoms with Crippen LogP contribution in [0.5, 0.6) is 0 Å². The Kier molecular flexibility index (Phi) is 6.27. The van der Waals surface area contributed by atoms with Crippen molar-refractivity contribution in [1.29, 1.82) is 0 Å². The van der Waals surface area contributed by atoms with E-state index in [1.165, 1.54) is 19.1 Å². The van der Waals surface area contributed by atoms with Gasteiger partial charge >= 0.3 is 0 Å². The first kappa shape index (κ1) is 19.1. The van der Waals surface area contributed by atoms with E-state index in [2.05, 4.69) is 5.32 Å². The highest BCUT2D eigenvalue weighted by Crippen LogP contribution is 2.15. The quantitative estimate of drug-likeness (QED) is 0.736. The van der Waals surface area contributed by atoms with Gasteiger partial charge in [-0.3, -0.25) is 4.79 Å². The Morgan fingerprint density at radius 2 is 1.72 bits per heavy atom. The molecule has 0 aliphatic rings. The Hall–Kier alpha value is -2.25. The molecule has 3 N–H and O–H groups in total. The van der Waals surface area contributed by atoms with Gasteiger partial charge in [0.25, 0.3) is 0 Å². The van der Waals surface area contributed by atoms with Crippen LogP contribution >= 0.6 is 0 Å². The summed E-state index contributed by atoms with van der Waals surface area (Å²) < 4.78 is 37.5. The van der Waals surface area contributed by atoms with E-state index in [9.17, 15) is 17.6 Å². The van der Waals surface area contributed by atoms with Gasteiger partial charge in [0, 0.05) is 18.5 Å². The molecule has 25 heavy (non-hydrogen) atoms. The smallest absolute Gasteiger partial charge is 0.223 e. The van der Waals surface area contributed by atoms with Crippen molar-refractivity contribution in [3.05, 3.63) is 66.0 Å². The Bertz CT molecular complexity index is 808. The molecule has 5 nitrogen and oxygen atoms in total. The van der Waals surface area contributed by atoms with Crippen LogP contribution in [0.3, 0.4) is 0 Å². The Morgan fingerprint density at radius 1 is 1.12 bits per heavy atom. The van der Waals surface area contributed by atoms with Crippen LogP contribution in [0.25, 0.3) is 0 Å². The van der Waals surface area contributed by atoms with Gasteiger partial charge in [0.2, 0.25) is 5.91 Å². The van der Waals surface area contributed by atoms with Gasteiger partial charge < -0.3 is 11.1 Å². The topological polar surface area (TPSA) is 89.3 Å². The van der Waals surface area contributed by atoms with E-state index in [1.54, 1.807) is 0 Å². The molecule has 0 radical (unpaired) electrons. The number of hydrogen-bond donors (Lipinski definition) is 2. The minimum absolute atomic E-state index is 0.00506. The summed E-state index contributed by atoms with van der Waals surface area (Å²) in [5, 5.41) is 2.68. The maximum atomic E-state index is 12.9. The van der Waals surface area contributed by atoms with Crippen molar-refractivity contribution in [2.45, 2.75) is 17.9 Å². The van der Waals surface area contributed by atoms with Crippen LogP contribution in [0.2, 0.25) is 0 Å². The van der Waals surface area contributed by atoms with Crippen molar-refractivity contribution < 1.29 is 17.6 Å². The lowest BCUT2D eigenvalue weighted by Gasteiger charge is -2.16. The highest BCUT2D eigenvalue weighted by molar-refractivity contribution is 7.91. The van der Waals surface area contributed by atoms with Crippen LogP contribution in [0, 0.1) is 11.7 Å². The summed E-state index contributed by atoms with van der Waals surface area (Å²) in [4.78, 5) is 12.1. The van der Waals surface area contributed by atoms with Crippen LogP contribution in [0.4, 0.5) is 4.39 Å². The van der Waals surface area contributed by atoms with E-state index < -0.39 is 27.5 Å². The normalized spacial score (nSPS) is 13.9. The summed E-state index contributed by atoms with van der Waals surface area (Å²) >= 11 is 0. The van der Waals surface area contributed by atoms with E-state index in [4.69, 9.17) is 5.73 Å². The fourth-order valence-electron chi connectivity index (χ4n) is 2.35. The predicted octanol–water partition coefficient (Wildman–Crippen LogP) is 2.05. The number of nitrogens with two attached hydrogens (primary N) is 1. The number of benzene rings is 2. The van der Waals surface area contributed by atoms with Gasteiger partial charge in [-0.25, -0.2) is 12.8 Å². The highest BCUT2D eigenvalue weighted by atomic mass is 32.2. The van der Waals surface area contributed by atoms with E-state index in [-0.39, 0.29) is 23.2 Å². The Labute approximate surface area is 147 Å². The number of halogens is 1. The monoisotopic (exact) mass is 364 g/mol. The summed E-state index contributed by atoms with van der Waals surface area (Å²) in [6.45, 7) is 1.74. The summed E-state index contributed by atoms with van der Waals surface area (Å²) in [5.41, 5.74) is 6.89. The molecule has 0 spiro atoms. The number of amides is 1. The van der Waals surface area contributed by atoms with Crippen molar-refractivity contribution >= 4 is 15.7 Å². The van der Waals surface area contributed by atoms with Gasteiger partial charge in [0.05, 0.1) is 10.6 Å². The molecule has 2 rings (SSSR count). The minimum Gasteiger partial charge on any atom is -0.354 e. The van der Waals surface area contributed by atoms with Gasteiger partial charge in [0.1, 0.15) is 5.82 Å². The van der Waals surface area contributed by atoms with Crippen LogP contribution in [0.1, 0.15) is 18.5 Å². The van der Waals surface area contributed by atoms with Gasteiger partial charge in [-0.2, -0.15) is 0 Å². The second kappa shape index (κ2) is 8.22. The molecule has 0 fully saturated rings. The molecule has 0 saturated carbocycles. The molecule has 0 aliphatic heterocycles. The average molecular weight is 364 g/mol. The minimum atomic E-state index is -3.67. The lowest BCUT2D eigenvalue weighted by Crippen LogP contribution is -2.37. The molecule has 0 aliphatic carbocycles. The van der Waals surface area contributed by atoms with Crippen LogP contribution < -0.4 is 11.1 Å². The van der Waals surface area contributed by atoms with Crippen LogP contribution in [-0.2, 0) is 14.6 Å². The number of nitrogens with one attached hydrogen (secondary N) is 1. The zero-order valence-corrected chi connectivity index (χ0v) is 14.7. The molecular formula is C18H21FN2O3S. The SMILES string of the molecule is CC(CS(=O)(=O)c1ccc(F)cc1)C(=O)NCC(N)c1ccccc1. The van der Waals surface area contributed by atoms with E-state index in [0.717, 1.165) is 17.7 Å². The molecule has 2 aromatic carbocycles. The maximum absolute atomic E-state index is 12.9. The van der Waals surface area contributed by atoms with E-state index >= 15 is 0 Å². The van der Waals surface area contributed by atoms with Gasteiger partial charge in [0.15, 0.2) is 9.84 Å². The van der Waals surface area contributed by atoms with E-state index in [1.807, 2.05) is 30.3 Å². The summed E-state index contributed by atoms with van der Waals surface area (Å²) in [6.07, 6.45) is 0. The zero-order chi connectivity index (χ0) is 18.4. The number of carbonyl (C=O) groups excluding carboxylic acids is 1. The third-order valence-corrected chi connectivity index (χ3v) is 5.74. The van der Waals surface area contributed by atoms with Crippen molar-refractivity contribution in [3.8, 4) is 0 Å². The Balaban J connectivity index is 1.92. The lowest BCUT2D eigenvalue weighted by molar-refractivity contribution is -0.123. The number of sulfone groups is 1. The second-order valence-electron chi connectivity index (χ2n) is 5.90. The number of carbonyl (C=O) groups is 1. The summed E-state index contributed by atoms with van der Waals surface area (Å²) in [6, 6.07) is 13.5. The zero-order valence-electron chi connectivity index (χ0n) is 13.9. The first-order valence-electron chi connectivity index (χ1n) is 7.86. The first-order valence-corrected chi connectivity index (χ1v) is 9.51. The highest BCUT2D eigenvalue weighted by Gasteiger charge is 2.23. The van der Waals surface area contributed by atoms with Crippen LogP contribution in [0.15, 0.2) is 59.5 Å². The molecule has 134 valence electrons. The Morgan fingerprint density at radius 3 is 2.32 bits per heavy atom. The second-order valence-corrected chi connectivity index (χ2v) is 7.93. The van der Waals surface area contributed by atoms with Gasteiger partial charge in [-0.05, 0) is 29.8 Å². The molecule has 7 heteroatoms. The largest absolute Gasteiger partial charge is 0.354 e. The van der Waals surface area contributed by atoms with E-state index in [0.29, 0.717) is 0 Å². The molecule has 0 saturated heterocycles. The van der Waals surface area contributed by atoms with Gasteiger partial charge in [-0.1, -0.05) is 37.3 Å². The molecule has 2 unspecified atom stereocenters. The van der Waals surface area contributed by atoms with Crippen molar-refractivity contribution in [2.75, 3.05) is 12.3 Å². The third kappa shape index (κ3) is 5.37. The first-order chi connectivity index (χ1) is 11.8. The molecule has 0 aromatic heterocycles. The van der Waals surface area contributed by atoms with Crippen LogP contribution in [-0.4, -0.2) is 26.6 Å². The average Bonchev–Trinajstić information content (AvgIpc) is 2.60. The lowest BCUT2D eigenvalue weighted by atomic mass is 10.1. The molecule has 0 bridgehead atoms. The predicted molar refractivity (Wildman–Crippen MR) is 94.0 cm³/mol. The molecule has 2 aromatic rings. The summed E-state index contributed by atoms with van der Waals surface area (Å²) in [5.74, 6) is -2.01. The molecular weight excluding hydrogens is 343 g/mol. The van der Waals surface area contributed by atoms with Gasteiger partial charge in [-0.15, -0.1) is 0 Å². The fraction of sp³-hybridized carbons (Fsp3) is 0.278. The molecule has 2 atom stereocenters. The number of hydrogen-bond acceptors (Lipinski definition) is 4. The van der Waals surface area contributed by atoms with Crippen molar-refractivity contribution in [3.63, 3.8) is 0 Å². The van der Waals surface area contributed by atoms with Crippen molar-refractivity contribution in [2.24, 2.45) is 11.7 Å². The fourth-order valence-corrected chi connectivity index (χ4v) is 3.90. The third-order valence-electron chi connectivity index (χ3n) is 3.81. The molecule has 0 heterocycles. The standard InChI is InChI=1S/C18H21FN2O3S/c1-13(12-25(23,24)16-9-7-15(19)8-10-16)18(22)21-11-17(20)14-5-3-2-4-6-14/h2-10,13,17H,11-12,20H2,1H3,(H,21,22). The summed E-state index contributed by atoms with van der Waals surface area (Å²) in [7, 11) is -3.67. The molecule has 1 amide bonds.